The lowest BCUT2D eigenvalue weighted by atomic mass is 9.96. The van der Waals surface area contributed by atoms with Gasteiger partial charge < -0.3 is 5.11 Å². The third-order valence-corrected chi connectivity index (χ3v) is 4.55. The summed E-state index contributed by atoms with van der Waals surface area (Å²) in [6.45, 7) is 0. The van der Waals surface area contributed by atoms with Crippen molar-refractivity contribution in [2.24, 2.45) is 0 Å². The molecular weight excluding hydrogens is 346 g/mol. The molecule has 128 valence electrons. The number of hydrogen-bond donors (Lipinski definition) is 2. The van der Waals surface area contributed by atoms with Crippen LogP contribution in [0.1, 0.15) is 17.2 Å². The van der Waals surface area contributed by atoms with Crippen LogP contribution in [0.2, 0.25) is 5.02 Å². The third kappa shape index (κ3) is 3.19. The summed E-state index contributed by atoms with van der Waals surface area (Å²) in [5.41, 5.74) is 2.32. The van der Waals surface area contributed by atoms with E-state index in [-0.39, 0.29) is 11.8 Å². The number of phenolic OH excluding ortho intramolecular Hbond substituents is 1. The van der Waals surface area contributed by atoms with E-state index in [0.29, 0.717) is 10.5 Å². The molecule has 0 amide bonds. The Labute approximate surface area is 156 Å². The van der Waals surface area contributed by atoms with Crippen molar-refractivity contribution in [3.63, 3.8) is 0 Å². The van der Waals surface area contributed by atoms with Gasteiger partial charge in [0.15, 0.2) is 0 Å². The Bertz CT molecular complexity index is 1040. The largest absolute Gasteiger partial charge is 0.505 e. The Hall–Kier alpha value is -3.11. The summed E-state index contributed by atoms with van der Waals surface area (Å²) in [5, 5.41) is 15.9. The van der Waals surface area contributed by atoms with Crippen LogP contribution in [-0.4, -0.2) is 10.1 Å². The van der Waals surface area contributed by atoms with Gasteiger partial charge in [0.25, 0.3) is 5.82 Å². The summed E-state index contributed by atoms with van der Waals surface area (Å²) in [4.78, 5) is 7.50. The lowest BCUT2D eigenvalue weighted by molar-refractivity contribution is -0.361. The molecular formula is C21H17ClN3O+. The maximum atomic E-state index is 10.9. The van der Waals surface area contributed by atoms with E-state index in [2.05, 4.69) is 15.3 Å². The molecule has 0 unspecified atom stereocenters. The summed E-state index contributed by atoms with van der Waals surface area (Å²) in [7, 11) is 0. The molecule has 0 aliphatic rings. The molecule has 1 atom stereocenters. The number of H-pyrrole nitrogens is 1. The standard InChI is InChI=1S/C21H16ClN3O/c22-16-9-6-15(7-10-16)19(25-18-5-1-2-12-23-18)17-11-8-14-4-3-13-24-20(14)21(17)26/h1-13,19,26H,(H,23,25)/p+1/t19-/m1/s1. The van der Waals surface area contributed by atoms with Gasteiger partial charge in [-0.2, -0.15) is 0 Å². The van der Waals surface area contributed by atoms with E-state index in [1.807, 2.05) is 72.9 Å². The van der Waals surface area contributed by atoms with E-state index in [1.54, 1.807) is 6.20 Å². The van der Waals surface area contributed by atoms with Crippen LogP contribution in [0.4, 0.5) is 5.82 Å². The number of aromatic hydroxyl groups is 1. The van der Waals surface area contributed by atoms with Crippen molar-refractivity contribution in [3.05, 3.63) is 95.3 Å². The first-order valence-corrected chi connectivity index (χ1v) is 8.65. The van der Waals surface area contributed by atoms with Crippen LogP contribution in [0, 0.1) is 0 Å². The molecule has 26 heavy (non-hydrogen) atoms. The number of anilines is 1. The van der Waals surface area contributed by atoms with E-state index in [1.165, 1.54) is 0 Å². The Morgan fingerprint density at radius 1 is 0.962 bits per heavy atom. The van der Waals surface area contributed by atoms with Crippen molar-refractivity contribution in [3.8, 4) is 5.75 Å². The van der Waals surface area contributed by atoms with E-state index in [4.69, 9.17) is 11.6 Å². The number of fused-ring (bicyclic) bond motifs is 1. The zero-order valence-corrected chi connectivity index (χ0v) is 14.6. The van der Waals surface area contributed by atoms with Crippen LogP contribution < -0.4 is 10.3 Å². The number of pyridine rings is 2. The first kappa shape index (κ1) is 16.4. The number of benzene rings is 2. The Morgan fingerprint density at radius 3 is 2.58 bits per heavy atom. The first-order chi connectivity index (χ1) is 12.7. The lowest BCUT2D eigenvalue weighted by Crippen LogP contribution is -2.18. The van der Waals surface area contributed by atoms with Gasteiger partial charge in [0.2, 0.25) is 0 Å². The van der Waals surface area contributed by atoms with Gasteiger partial charge in [-0.05, 0) is 30.3 Å². The van der Waals surface area contributed by atoms with Crippen molar-refractivity contribution in [2.45, 2.75) is 6.04 Å². The lowest BCUT2D eigenvalue weighted by Gasteiger charge is -2.17. The Morgan fingerprint density at radius 2 is 1.81 bits per heavy atom. The minimum absolute atomic E-state index is 0.173. The number of phenols is 1. The molecule has 0 aliphatic carbocycles. The number of nitrogens with one attached hydrogen (secondary N) is 2. The molecule has 4 nitrogen and oxygen atoms in total. The highest BCUT2D eigenvalue weighted by atomic mass is 35.5. The highest BCUT2D eigenvalue weighted by Crippen LogP contribution is 2.36. The highest BCUT2D eigenvalue weighted by Gasteiger charge is 2.24. The smallest absolute Gasteiger partial charge is 0.272 e. The number of halogens is 1. The van der Waals surface area contributed by atoms with Gasteiger partial charge in [-0.3, -0.25) is 10.3 Å². The first-order valence-electron chi connectivity index (χ1n) is 8.28. The van der Waals surface area contributed by atoms with Crippen molar-refractivity contribution < 1.29 is 10.1 Å². The molecule has 4 rings (SSSR count). The fourth-order valence-electron chi connectivity index (χ4n) is 3.01. The molecule has 2 heterocycles. The number of aromatic nitrogens is 2. The second-order valence-electron chi connectivity index (χ2n) is 5.98. The summed E-state index contributed by atoms with van der Waals surface area (Å²) in [6.07, 6.45) is 3.53. The Kier molecular flexibility index (Phi) is 4.42. The summed E-state index contributed by atoms with van der Waals surface area (Å²) in [6, 6.07) is 20.8. The predicted octanol–water partition coefficient (Wildman–Crippen LogP) is 4.61. The van der Waals surface area contributed by atoms with Crippen molar-refractivity contribution in [1.29, 1.82) is 0 Å². The topological polar surface area (TPSA) is 59.3 Å². The van der Waals surface area contributed by atoms with Gasteiger partial charge in [-0.1, -0.05) is 41.9 Å². The zero-order chi connectivity index (χ0) is 17.9. The third-order valence-electron chi connectivity index (χ3n) is 4.30. The average molecular weight is 363 g/mol. The van der Waals surface area contributed by atoms with Crippen molar-refractivity contribution >= 4 is 28.3 Å². The molecule has 4 aromatic rings. The van der Waals surface area contributed by atoms with E-state index in [9.17, 15) is 5.11 Å². The van der Waals surface area contributed by atoms with Gasteiger partial charge in [0.05, 0.1) is 6.20 Å². The van der Waals surface area contributed by atoms with Gasteiger partial charge in [-0.25, -0.2) is 4.98 Å². The van der Waals surface area contributed by atoms with Gasteiger partial charge in [0.1, 0.15) is 17.3 Å². The fourth-order valence-corrected chi connectivity index (χ4v) is 3.14. The summed E-state index contributed by atoms with van der Waals surface area (Å²) in [5.74, 6) is 1.01. The van der Waals surface area contributed by atoms with Crippen LogP contribution in [0.3, 0.4) is 0 Å². The molecule has 0 spiro atoms. The second kappa shape index (κ2) is 7.02. The predicted molar refractivity (Wildman–Crippen MR) is 103 cm³/mol. The van der Waals surface area contributed by atoms with Crippen molar-refractivity contribution in [1.82, 2.24) is 4.98 Å². The van der Waals surface area contributed by atoms with Gasteiger partial charge in [-0.15, -0.1) is 0 Å². The molecule has 0 radical (unpaired) electrons. The minimum Gasteiger partial charge on any atom is -0.505 e. The van der Waals surface area contributed by atoms with Crippen LogP contribution in [0.25, 0.3) is 10.9 Å². The maximum absolute atomic E-state index is 10.9. The summed E-state index contributed by atoms with van der Waals surface area (Å²) >= 11 is 6.05. The summed E-state index contributed by atoms with van der Waals surface area (Å²) < 4.78 is 0. The molecule has 0 fully saturated rings. The number of aromatic amines is 1. The normalized spacial score (nSPS) is 12.0. The van der Waals surface area contributed by atoms with Gasteiger partial charge >= 0.3 is 0 Å². The monoisotopic (exact) mass is 362 g/mol. The molecule has 0 bridgehead atoms. The SMILES string of the molecule is Oc1c([C@H](Nc2cccc[nH+]2)c2ccc(Cl)cc2)ccc2cccnc12. The van der Waals surface area contributed by atoms with Crippen LogP contribution in [-0.2, 0) is 0 Å². The van der Waals surface area contributed by atoms with Crippen molar-refractivity contribution in [2.75, 3.05) is 5.32 Å². The highest BCUT2D eigenvalue weighted by molar-refractivity contribution is 6.30. The average Bonchev–Trinajstić information content (AvgIpc) is 2.69. The molecule has 5 heteroatoms. The quantitative estimate of drug-likeness (QED) is 0.557. The second-order valence-corrected chi connectivity index (χ2v) is 6.42. The molecule has 3 N–H and O–H groups in total. The molecule has 0 saturated heterocycles. The minimum atomic E-state index is -0.266. The molecule has 2 aromatic carbocycles. The Balaban J connectivity index is 1.84. The number of hydrogen-bond acceptors (Lipinski definition) is 3. The van der Waals surface area contributed by atoms with Gasteiger partial charge in [0, 0.05) is 33.8 Å². The number of rotatable bonds is 4. The van der Waals surface area contributed by atoms with E-state index >= 15 is 0 Å². The molecule has 0 saturated carbocycles. The maximum Gasteiger partial charge on any atom is 0.272 e. The van der Waals surface area contributed by atoms with Crippen LogP contribution in [0.15, 0.2) is 79.1 Å². The van der Waals surface area contributed by atoms with E-state index < -0.39 is 0 Å². The number of nitrogens with zero attached hydrogens (tertiary/aromatic N) is 1. The van der Waals surface area contributed by atoms with Crippen LogP contribution in [0.5, 0.6) is 5.75 Å². The molecule has 0 aliphatic heterocycles. The van der Waals surface area contributed by atoms with E-state index in [0.717, 1.165) is 22.3 Å². The molecule has 2 aromatic heterocycles. The fraction of sp³-hybridized carbons (Fsp3) is 0.0476. The van der Waals surface area contributed by atoms with Crippen LogP contribution >= 0.6 is 11.6 Å². The zero-order valence-electron chi connectivity index (χ0n) is 13.9.